The SMILES string of the molecule is Cc1nc(OCCC(C)F)ccc1CN1CCc2c(NCC#N)nc(Cl)c(C#N)c2C1. The van der Waals surface area contributed by atoms with Crippen LogP contribution in [-0.4, -0.2) is 40.7 Å². The molecule has 1 aliphatic rings. The summed E-state index contributed by atoms with van der Waals surface area (Å²) in [5.41, 5.74) is 4.06. The average Bonchev–Trinajstić information content (AvgIpc) is 2.73. The van der Waals surface area contributed by atoms with Gasteiger partial charge in [-0.2, -0.15) is 10.5 Å². The summed E-state index contributed by atoms with van der Waals surface area (Å²) < 4.78 is 18.4. The molecule has 31 heavy (non-hydrogen) atoms. The monoisotopic (exact) mass is 442 g/mol. The smallest absolute Gasteiger partial charge is 0.213 e. The quantitative estimate of drug-likeness (QED) is 0.488. The number of hydrogen-bond donors (Lipinski definition) is 1. The zero-order valence-electron chi connectivity index (χ0n) is 17.6. The van der Waals surface area contributed by atoms with Crippen LogP contribution in [0.5, 0.6) is 5.88 Å². The summed E-state index contributed by atoms with van der Waals surface area (Å²) in [5, 5.41) is 21.6. The third-order valence-electron chi connectivity index (χ3n) is 5.20. The summed E-state index contributed by atoms with van der Waals surface area (Å²) in [5.74, 6) is 1.06. The van der Waals surface area contributed by atoms with E-state index in [1.807, 2.05) is 19.1 Å². The van der Waals surface area contributed by atoms with Gasteiger partial charge in [-0.25, -0.2) is 14.4 Å². The van der Waals surface area contributed by atoms with Gasteiger partial charge in [0.1, 0.15) is 29.8 Å². The highest BCUT2D eigenvalue weighted by molar-refractivity contribution is 6.30. The van der Waals surface area contributed by atoms with E-state index < -0.39 is 6.17 Å². The number of hydrogen-bond acceptors (Lipinski definition) is 7. The Bertz CT molecular complexity index is 1030. The number of halogens is 2. The van der Waals surface area contributed by atoms with Crippen molar-refractivity contribution in [2.75, 3.05) is 25.0 Å². The van der Waals surface area contributed by atoms with E-state index in [1.54, 1.807) is 6.07 Å². The van der Waals surface area contributed by atoms with Crippen LogP contribution in [-0.2, 0) is 19.5 Å². The van der Waals surface area contributed by atoms with Gasteiger partial charge >= 0.3 is 0 Å². The molecule has 162 valence electrons. The predicted molar refractivity (Wildman–Crippen MR) is 116 cm³/mol. The van der Waals surface area contributed by atoms with E-state index in [2.05, 4.69) is 26.3 Å². The van der Waals surface area contributed by atoms with Crippen LogP contribution < -0.4 is 10.1 Å². The fraction of sp³-hybridized carbons (Fsp3) is 0.455. The lowest BCUT2D eigenvalue weighted by Gasteiger charge is -2.31. The third-order valence-corrected chi connectivity index (χ3v) is 5.48. The van der Waals surface area contributed by atoms with Gasteiger partial charge in [-0.15, -0.1) is 0 Å². The Hall–Kier alpha value is -2.94. The normalized spacial score (nSPS) is 14.3. The van der Waals surface area contributed by atoms with Crippen LogP contribution in [0.2, 0.25) is 5.15 Å². The van der Waals surface area contributed by atoms with Crippen LogP contribution in [0, 0.1) is 29.6 Å². The summed E-state index contributed by atoms with van der Waals surface area (Å²) >= 11 is 6.23. The summed E-state index contributed by atoms with van der Waals surface area (Å²) in [6.45, 7) is 5.82. The van der Waals surface area contributed by atoms with Crippen molar-refractivity contribution >= 4 is 17.4 Å². The maximum Gasteiger partial charge on any atom is 0.213 e. The van der Waals surface area contributed by atoms with Gasteiger partial charge in [0.25, 0.3) is 0 Å². The molecule has 1 atom stereocenters. The molecule has 0 bridgehead atoms. The predicted octanol–water partition coefficient (Wildman–Crippen LogP) is 3.93. The molecule has 2 aromatic rings. The molecule has 3 rings (SSSR count). The first kappa shape index (κ1) is 22.7. The van der Waals surface area contributed by atoms with Gasteiger partial charge < -0.3 is 10.1 Å². The lowest BCUT2D eigenvalue weighted by molar-refractivity contribution is 0.237. The molecule has 1 N–H and O–H groups in total. The van der Waals surface area contributed by atoms with E-state index >= 15 is 0 Å². The number of anilines is 1. The minimum absolute atomic E-state index is 0.120. The molecule has 0 fully saturated rings. The highest BCUT2D eigenvalue weighted by Gasteiger charge is 2.25. The van der Waals surface area contributed by atoms with Crippen LogP contribution in [0.25, 0.3) is 0 Å². The van der Waals surface area contributed by atoms with Crippen LogP contribution in [0.3, 0.4) is 0 Å². The van der Waals surface area contributed by atoms with Crippen molar-refractivity contribution in [3.05, 3.63) is 45.2 Å². The average molecular weight is 443 g/mol. The van der Waals surface area contributed by atoms with Crippen molar-refractivity contribution in [1.82, 2.24) is 14.9 Å². The van der Waals surface area contributed by atoms with E-state index in [-0.39, 0.29) is 11.7 Å². The first-order chi connectivity index (χ1) is 14.9. The molecular weight excluding hydrogens is 419 g/mol. The Balaban J connectivity index is 1.75. The van der Waals surface area contributed by atoms with Crippen LogP contribution >= 0.6 is 11.6 Å². The zero-order valence-corrected chi connectivity index (χ0v) is 18.3. The number of pyridine rings is 2. The van der Waals surface area contributed by atoms with Crippen molar-refractivity contribution in [3.8, 4) is 18.0 Å². The number of ether oxygens (including phenoxy) is 1. The maximum atomic E-state index is 12.9. The minimum Gasteiger partial charge on any atom is -0.478 e. The van der Waals surface area contributed by atoms with E-state index in [0.717, 1.165) is 28.9 Å². The highest BCUT2D eigenvalue weighted by Crippen LogP contribution is 2.32. The molecule has 0 aliphatic carbocycles. The molecule has 0 amide bonds. The maximum absolute atomic E-state index is 12.9. The first-order valence-corrected chi connectivity index (χ1v) is 10.5. The standard InChI is InChI=1S/C22H24ClFN6O/c1-14(24)6-10-31-20-4-3-16(15(2)28-20)12-30-9-5-17-19(13-30)18(11-26)21(23)29-22(17)27-8-7-25/h3-4,14H,5-6,8-10,12-13H2,1-2H3,(H,27,29). The Morgan fingerprint density at radius 3 is 2.81 bits per heavy atom. The van der Waals surface area contributed by atoms with Gasteiger partial charge in [-0.1, -0.05) is 17.7 Å². The Labute approximate surface area is 186 Å². The van der Waals surface area contributed by atoms with Crippen LogP contribution in [0.1, 0.15) is 41.3 Å². The number of nitriles is 2. The van der Waals surface area contributed by atoms with Crippen molar-refractivity contribution in [2.45, 2.75) is 46.0 Å². The molecule has 9 heteroatoms. The molecular formula is C22H24ClFN6O. The molecule has 0 saturated heterocycles. The minimum atomic E-state index is -0.903. The van der Waals surface area contributed by atoms with E-state index in [1.165, 1.54) is 6.92 Å². The number of nitrogens with zero attached hydrogens (tertiary/aromatic N) is 5. The molecule has 0 saturated carbocycles. The number of fused-ring (bicyclic) bond motifs is 1. The number of rotatable bonds is 8. The van der Waals surface area contributed by atoms with E-state index in [0.29, 0.717) is 49.8 Å². The largest absolute Gasteiger partial charge is 0.478 e. The van der Waals surface area contributed by atoms with Crippen molar-refractivity contribution < 1.29 is 9.13 Å². The van der Waals surface area contributed by atoms with Gasteiger partial charge in [0.2, 0.25) is 5.88 Å². The van der Waals surface area contributed by atoms with Gasteiger partial charge in [0.05, 0.1) is 18.2 Å². The Morgan fingerprint density at radius 2 is 2.13 bits per heavy atom. The molecule has 1 aliphatic heterocycles. The zero-order chi connectivity index (χ0) is 22.4. The van der Waals surface area contributed by atoms with E-state index in [9.17, 15) is 9.65 Å². The second-order valence-corrected chi connectivity index (χ2v) is 7.84. The summed E-state index contributed by atoms with van der Waals surface area (Å²) in [4.78, 5) is 11.0. The molecule has 0 radical (unpaired) electrons. The summed E-state index contributed by atoms with van der Waals surface area (Å²) in [7, 11) is 0. The van der Waals surface area contributed by atoms with Crippen LogP contribution in [0.15, 0.2) is 12.1 Å². The molecule has 3 heterocycles. The summed E-state index contributed by atoms with van der Waals surface area (Å²) in [6, 6.07) is 7.97. The first-order valence-electron chi connectivity index (χ1n) is 10.1. The topological polar surface area (TPSA) is 97.9 Å². The number of aromatic nitrogens is 2. The number of alkyl halides is 1. The third kappa shape index (κ3) is 5.61. The van der Waals surface area contributed by atoms with Crippen molar-refractivity contribution in [2.24, 2.45) is 0 Å². The molecule has 7 nitrogen and oxygen atoms in total. The Morgan fingerprint density at radius 1 is 1.32 bits per heavy atom. The molecule has 2 aromatic heterocycles. The fourth-order valence-electron chi connectivity index (χ4n) is 3.56. The van der Waals surface area contributed by atoms with Gasteiger partial charge in [0.15, 0.2) is 0 Å². The second-order valence-electron chi connectivity index (χ2n) is 7.48. The van der Waals surface area contributed by atoms with Crippen molar-refractivity contribution in [1.29, 1.82) is 10.5 Å². The molecule has 1 unspecified atom stereocenters. The van der Waals surface area contributed by atoms with Gasteiger partial charge in [-0.3, -0.25) is 4.90 Å². The lowest BCUT2D eigenvalue weighted by atomic mass is 9.96. The van der Waals surface area contributed by atoms with E-state index in [4.69, 9.17) is 21.6 Å². The lowest BCUT2D eigenvalue weighted by Crippen LogP contribution is -2.32. The second kappa shape index (κ2) is 10.4. The molecule has 0 aromatic carbocycles. The van der Waals surface area contributed by atoms with Gasteiger partial charge in [-0.05, 0) is 31.4 Å². The van der Waals surface area contributed by atoms with Gasteiger partial charge in [0, 0.05) is 43.4 Å². The highest BCUT2D eigenvalue weighted by atomic mass is 35.5. The fourth-order valence-corrected chi connectivity index (χ4v) is 3.80. The Kier molecular flexibility index (Phi) is 7.62. The number of nitrogens with one attached hydrogen (secondary N) is 1. The summed E-state index contributed by atoms with van der Waals surface area (Å²) in [6.07, 6.45) is 0.122. The molecule has 0 spiro atoms. The number of aryl methyl sites for hydroxylation is 1. The van der Waals surface area contributed by atoms with Crippen molar-refractivity contribution in [3.63, 3.8) is 0 Å². The van der Waals surface area contributed by atoms with Crippen LogP contribution in [0.4, 0.5) is 10.2 Å².